The summed E-state index contributed by atoms with van der Waals surface area (Å²) in [5.41, 5.74) is 5.59. The molecule has 0 aromatic carbocycles. The van der Waals surface area contributed by atoms with Gasteiger partial charge in [-0.1, -0.05) is 0 Å². The monoisotopic (exact) mass is 218 g/mol. The van der Waals surface area contributed by atoms with Crippen molar-refractivity contribution in [2.45, 2.75) is 13.5 Å². The maximum Gasteiger partial charge on any atom is 0.134 e. The molecule has 0 fully saturated rings. The molecule has 0 aliphatic heterocycles. The lowest BCUT2D eigenvalue weighted by Crippen LogP contribution is -2.17. The van der Waals surface area contributed by atoms with Crippen LogP contribution in [-0.2, 0) is 6.54 Å². The number of nitrogen functional groups attached to an aromatic ring is 1. The Bertz CT molecular complexity index is 480. The van der Waals surface area contributed by atoms with Gasteiger partial charge in [0.15, 0.2) is 0 Å². The quantitative estimate of drug-likeness (QED) is 0.847. The molecular weight excluding hydrogens is 204 g/mol. The van der Waals surface area contributed by atoms with Gasteiger partial charge in [0.1, 0.15) is 29.5 Å². The second-order valence-electron chi connectivity index (χ2n) is 3.67. The standard InChI is InChI=1S/C11H14N4O/c1-8-3-4-9(16-8)6-15(2)11-5-10(12)13-7-14-11/h3-5,7H,6H2,1-2H3,(H2,12,13,14). The first-order valence-corrected chi connectivity index (χ1v) is 4.99. The molecular formula is C11H14N4O. The van der Waals surface area contributed by atoms with Crippen molar-refractivity contribution in [3.8, 4) is 0 Å². The third-order valence-electron chi connectivity index (χ3n) is 2.25. The van der Waals surface area contributed by atoms with Crippen molar-refractivity contribution in [1.82, 2.24) is 9.97 Å². The highest BCUT2D eigenvalue weighted by Gasteiger charge is 2.06. The van der Waals surface area contributed by atoms with Crippen molar-refractivity contribution in [3.63, 3.8) is 0 Å². The molecule has 2 aromatic rings. The van der Waals surface area contributed by atoms with E-state index >= 15 is 0 Å². The van der Waals surface area contributed by atoms with Crippen molar-refractivity contribution in [3.05, 3.63) is 36.0 Å². The molecule has 2 aromatic heterocycles. The normalized spacial score (nSPS) is 10.4. The summed E-state index contributed by atoms with van der Waals surface area (Å²) in [6.07, 6.45) is 1.45. The van der Waals surface area contributed by atoms with Gasteiger partial charge in [0.2, 0.25) is 0 Å². The number of nitrogens with two attached hydrogens (primary N) is 1. The molecule has 5 heteroatoms. The molecule has 0 atom stereocenters. The van der Waals surface area contributed by atoms with Crippen LogP contribution in [0.2, 0.25) is 0 Å². The molecule has 0 aliphatic carbocycles. The molecule has 0 saturated carbocycles. The number of anilines is 2. The fraction of sp³-hybridized carbons (Fsp3) is 0.273. The molecule has 2 N–H and O–H groups in total. The summed E-state index contributed by atoms with van der Waals surface area (Å²) >= 11 is 0. The smallest absolute Gasteiger partial charge is 0.134 e. The third kappa shape index (κ3) is 2.31. The highest BCUT2D eigenvalue weighted by atomic mass is 16.3. The Hall–Kier alpha value is -2.04. The Balaban J connectivity index is 2.11. The van der Waals surface area contributed by atoms with E-state index in [0.29, 0.717) is 12.4 Å². The van der Waals surface area contributed by atoms with Gasteiger partial charge in [0, 0.05) is 13.1 Å². The fourth-order valence-corrected chi connectivity index (χ4v) is 1.46. The summed E-state index contributed by atoms with van der Waals surface area (Å²) in [5, 5.41) is 0. The van der Waals surface area contributed by atoms with Crippen molar-refractivity contribution in [2.24, 2.45) is 0 Å². The molecule has 2 rings (SSSR count). The average Bonchev–Trinajstić information content (AvgIpc) is 2.64. The number of furan rings is 1. The minimum atomic E-state index is 0.465. The van der Waals surface area contributed by atoms with Crippen molar-refractivity contribution < 1.29 is 4.42 Å². The summed E-state index contributed by atoms with van der Waals surface area (Å²) < 4.78 is 5.49. The van der Waals surface area contributed by atoms with Crippen LogP contribution in [-0.4, -0.2) is 17.0 Å². The van der Waals surface area contributed by atoms with E-state index in [0.717, 1.165) is 17.3 Å². The topological polar surface area (TPSA) is 68.2 Å². The van der Waals surface area contributed by atoms with Crippen LogP contribution in [0.3, 0.4) is 0 Å². The maximum absolute atomic E-state index is 5.59. The maximum atomic E-state index is 5.59. The van der Waals surface area contributed by atoms with Gasteiger partial charge < -0.3 is 15.1 Å². The van der Waals surface area contributed by atoms with Crippen LogP contribution in [0.5, 0.6) is 0 Å². The van der Waals surface area contributed by atoms with Gasteiger partial charge in [0.25, 0.3) is 0 Å². The van der Waals surface area contributed by atoms with E-state index in [4.69, 9.17) is 10.2 Å². The number of aromatic nitrogens is 2. The Morgan fingerprint density at radius 3 is 2.81 bits per heavy atom. The largest absolute Gasteiger partial charge is 0.464 e. The van der Waals surface area contributed by atoms with Crippen LogP contribution in [0.25, 0.3) is 0 Å². The van der Waals surface area contributed by atoms with Crippen molar-refractivity contribution >= 4 is 11.6 Å². The first-order chi connectivity index (χ1) is 7.65. The summed E-state index contributed by atoms with van der Waals surface area (Å²) in [5.74, 6) is 3.05. The molecule has 0 aliphatic rings. The minimum Gasteiger partial charge on any atom is -0.464 e. The molecule has 0 amide bonds. The summed E-state index contributed by atoms with van der Waals surface area (Å²) in [4.78, 5) is 9.94. The lowest BCUT2D eigenvalue weighted by molar-refractivity contribution is 0.481. The van der Waals surface area contributed by atoms with E-state index in [2.05, 4.69) is 9.97 Å². The van der Waals surface area contributed by atoms with Crippen LogP contribution in [0.4, 0.5) is 11.6 Å². The third-order valence-corrected chi connectivity index (χ3v) is 2.25. The van der Waals surface area contributed by atoms with Crippen molar-refractivity contribution in [2.75, 3.05) is 17.7 Å². The van der Waals surface area contributed by atoms with Gasteiger partial charge in [-0.05, 0) is 19.1 Å². The van der Waals surface area contributed by atoms with Crippen LogP contribution in [0, 0.1) is 6.92 Å². The minimum absolute atomic E-state index is 0.465. The molecule has 0 radical (unpaired) electrons. The van der Waals surface area contributed by atoms with Crippen LogP contribution in [0.1, 0.15) is 11.5 Å². The Morgan fingerprint density at radius 2 is 2.19 bits per heavy atom. The number of aryl methyl sites for hydroxylation is 1. The summed E-state index contributed by atoms with van der Waals surface area (Å²) in [6.45, 7) is 2.58. The zero-order chi connectivity index (χ0) is 11.5. The highest BCUT2D eigenvalue weighted by Crippen LogP contribution is 2.15. The number of hydrogen-bond donors (Lipinski definition) is 1. The molecule has 84 valence electrons. The molecule has 5 nitrogen and oxygen atoms in total. The predicted molar refractivity (Wildman–Crippen MR) is 62.0 cm³/mol. The Labute approximate surface area is 93.9 Å². The van der Waals surface area contributed by atoms with Gasteiger partial charge in [-0.15, -0.1) is 0 Å². The number of rotatable bonds is 3. The van der Waals surface area contributed by atoms with E-state index in [1.165, 1.54) is 6.33 Å². The molecule has 0 saturated heterocycles. The average molecular weight is 218 g/mol. The van der Waals surface area contributed by atoms with Gasteiger partial charge >= 0.3 is 0 Å². The van der Waals surface area contributed by atoms with Gasteiger partial charge in [-0.25, -0.2) is 9.97 Å². The fourth-order valence-electron chi connectivity index (χ4n) is 1.46. The lowest BCUT2D eigenvalue weighted by Gasteiger charge is -2.16. The molecule has 0 unspecified atom stereocenters. The van der Waals surface area contributed by atoms with E-state index in [1.807, 2.05) is 31.0 Å². The highest BCUT2D eigenvalue weighted by molar-refractivity contribution is 5.45. The molecule has 0 spiro atoms. The first-order valence-electron chi connectivity index (χ1n) is 4.99. The van der Waals surface area contributed by atoms with E-state index < -0.39 is 0 Å². The predicted octanol–water partition coefficient (Wildman–Crippen LogP) is 1.60. The van der Waals surface area contributed by atoms with Crippen LogP contribution in [0.15, 0.2) is 28.9 Å². The van der Waals surface area contributed by atoms with Crippen LogP contribution >= 0.6 is 0 Å². The summed E-state index contributed by atoms with van der Waals surface area (Å²) in [7, 11) is 1.93. The van der Waals surface area contributed by atoms with Gasteiger partial charge in [-0.2, -0.15) is 0 Å². The zero-order valence-electron chi connectivity index (χ0n) is 9.34. The number of hydrogen-bond acceptors (Lipinski definition) is 5. The number of nitrogens with zero attached hydrogens (tertiary/aromatic N) is 3. The van der Waals surface area contributed by atoms with Crippen molar-refractivity contribution in [1.29, 1.82) is 0 Å². The Kier molecular flexibility index (Phi) is 2.76. The zero-order valence-corrected chi connectivity index (χ0v) is 9.34. The lowest BCUT2D eigenvalue weighted by atomic mass is 10.4. The van der Waals surface area contributed by atoms with Gasteiger partial charge in [0.05, 0.1) is 6.54 Å². The second kappa shape index (κ2) is 4.22. The summed E-state index contributed by atoms with van der Waals surface area (Å²) in [6, 6.07) is 5.63. The van der Waals surface area contributed by atoms with E-state index in [-0.39, 0.29) is 0 Å². The molecule has 2 heterocycles. The first kappa shape index (κ1) is 10.5. The molecule has 16 heavy (non-hydrogen) atoms. The Morgan fingerprint density at radius 1 is 1.38 bits per heavy atom. The SMILES string of the molecule is Cc1ccc(CN(C)c2cc(N)ncn2)o1. The van der Waals surface area contributed by atoms with Crippen LogP contribution < -0.4 is 10.6 Å². The van der Waals surface area contributed by atoms with E-state index in [1.54, 1.807) is 6.07 Å². The molecule has 0 bridgehead atoms. The van der Waals surface area contributed by atoms with E-state index in [9.17, 15) is 0 Å². The second-order valence-corrected chi connectivity index (χ2v) is 3.67. The van der Waals surface area contributed by atoms with Gasteiger partial charge in [-0.3, -0.25) is 0 Å².